The van der Waals surface area contributed by atoms with Gasteiger partial charge in [0.2, 0.25) is 0 Å². The Bertz CT molecular complexity index is 593. The average molecular weight is 259 g/mol. The van der Waals surface area contributed by atoms with E-state index in [1.807, 2.05) is 30.3 Å². The Kier molecular flexibility index (Phi) is 2.64. The van der Waals surface area contributed by atoms with Crippen molar-refractivity contribution < 1.29 is 9.90 Å². The van der Waals surface area contributed by atoms with E-state index in [-0.39, 0.29) is 16.9 Å². The first kappa shape index (κ1) is 11.0. The summed E-state index contributed by atoms with van der Waals surface area (Å²) >= 11 is 1.31. The van der Waals surface area contributed by atoms with Gasteiger partial charge < -0.3 is 10.4 Å². The molecule has 1 atom stereocenters. The molecule has 6 heteroatoms. The maximum atomic E-state index is 11.2. The number of hydrogen-bond donors (Lipinski definition) is 2. The van der Waals surface area contributed by atoms with E-state index in [4.69, 9.17) is 0 Å². The molecule has 1 unspecified atom stereocenters. The first-order valence-corrected chi connectivity index (χ1v) is 6.21. The molecule has 5 nitrogen and oxygen atoms in total. The molecule has 2 aliphatic heterocycles. The van der Waals surface area contributed by atoms with Crippen molar-refractivity contribution in [3.05, 3.63) is 42.2 Å². The molecule has 0 radical (unpaired) electrons. The SMILES string of the molecule is O=C1C=C(O)C2SC(=Nc3ccccc3)N=C2N1. The number of benzene rings is 1. The Morgan fingerprint density at radius 3 is 2.89 bits per heavy atom. The van der Waals surface area contributed by atoms with Crippen LogP contribution in [0.3, 0.4) is 0 Å². The van der Waals surface area contributed by atoms with Gasteiger partial charge in [0, 0.05) is 6.08 Å². The normalized spacial score (nSPS) is 24.3. The molecule has 0 aromatic heterocycles. The molecular weight excluding hydrogens is 250 g/mol. The summed E-state index contributed by atoms with van der Waals surface area (Å²) in [4.78, 5) is 19.8. The fraction of sp³-hybridized carbons (Fsp3) is 0.0833. The number of carbonyl (C=O) groups excluding carboxylic acids is 1. The highest BCUT2D eigenvalue weighted by Gasteiger charge is 2.34. The molecule has 0 fully saturated rings. The lowest BCUT2D eigenvalue weighted by Crippen LogP contribution is -2.40. The van der Waals surface area contributed by atoms with Crippen molar-refractivity contribution >= 4 is 34.4 Å². The smallest absolute Gasteiger partial charge is 0.252 e. The van der Waals surface area contributed by atoms with Crippen LogP contribution in [0.5, 0.6) is 0 Å². The molecule has 0 saturated heterocycles. The van der Waals surface area contributed by atoms with Gasteiger partial charge in [-0.2, -0.15) is 0 Å². The summed E-state index contributed by atoms with van der Waals surface area (Å²) in [6.45, 7) is 0. The van der Waals surface area contributed by atoms with Crippen molar-refractivity contribution in [3.8, 4) is 0 Å². The second kappa shape index (κ2) is 4.30. The van der Waals surface area contributed by atoms with E-state index in [1.165, 1.54) is 17.8 Å². The highest BCUT2D eigenvalue weighted by Crippen LogP contribution is 2.30. The summed E-state index contributed by atoms with van der Waals surface area (Å²) < 4.78 is 0. The van der Waals surface area contributed by atoms with Gasteiger partial charge in [-0.05, 0) is 12.1 Å². The van der Waals surface area contributed by atoms with E-state index in [0.717, 1.165) is 5.69 Å². The first-order chi connectivity index (χ1) is 8.72. The minimum atomic E-state index is -0.357. The largest absolute Gasteiger partial charge is 0.510 e. The van der Waals surface area contributed by atoms with Crippen LogP contribution in [0, 0.1) is 0 Å². The molecule has 2 aliphatic rings. The van der Waals surface area contributed by atoms with E-state index < -0.39 is 0 Å². The summed E-state index contributed by atoms with van der Waals surface area (Å²) in [5.41, 5.74) is 0.790. The molecule has 2 N–H and O–H groups in total. The molecule has 2 heterocycles. The van der Waals surface area contributed by atoms with Crippen LogP contribution < -0.4 is 5.32 Å². The predicted octanol–water partition coefficient (Wildman–Crippen LogP) is 1.76. The van der Waals surface area contributed by atoms with Crippen LogP contribution in [-0.2, 0) is 4.79 Å². The Balaban J connectivity index is 1.90. The van der Waals surface area contributed by atoms with Gasteiger partial charge in [-0.1, -0.05) is 30.0 Å². The number of nitrogens with one attached hydrogen (secondary N) is 1. The third-order valence-electron chi connectivity index (χ3n) is 2.47. The van der Waals surface area contributed by atoms with Crippen LogP contribution in [0.15, 0.2) is 52.2 Å². The van der Waals surface area contributed by atoms with E-state index in [2.05, 4.69) is 15.3 Å². The fourth-order valence-electron chi connectivity index (χ4n) is 1.68. The molecule has 0 saturated carbocycles. The Labute approximate surface area is 107 Å². The Hall–Kier alpha value is -2.08. The number of aliphatic hydroxyl groups excluding tert-OH is 1. The summed E-state index contributed by atoms with van der Waals surface area (Å²) in [5, 5.41) is 12.5. The minimum absolute atomic E-state index is 0.0146. The molecule has 18 heavy (non-hydrogen) atoms. The summed E-state index contributed by atoms with van der Waals surface area (Å²) in [6.07, 6.45) is 1.17. The first-order valence-electron chi connectivity index (χ1n) is 5.33. The van der Waals surface area contributed by atoms with Crippen molar-refractivity contribution in [3.63, 3.8) is 0 Å². The number of nitrogens with zero attached hydrogens (tertiary/aromatic N) is 2. The second-order valence-corrected chi connectivity index (χ2v) is 4.86. The second-order valence-electron chi connectivity index (χ2n) is 3.78. The number of amides is 1. The lowest BCUT2D eigenvalue weighted by atomic mass is 10.2. The highest BCUT2D eigenvalue weighted by molar-refractivity contribution is 8.15. The van der Waals surface area contributed by atoms with Crippen molar-refractivity contribution in [2.24, 2.45) is 9.98 Å². The van der Waals surface area contributed by atoms with Crippen LogP contribution in [0.4, 0.5) is 5.69 Å². The highest BCUT2D eigenvalue weighted by atomic mass is 32.2. The molecule has 3 rings (SSSR count). The Morgan fingerprint density at radius 1 is 1.33 bits per heavy atom. The van der Waals surface area contributed by atoms with Crippen LogP contribution in [0.25, 0.3) is 0 Å². The minimum Gasteiger partial charge on any atom is -0.510 e. The number of thioether (sulfide) groups is 1. The molecular formula is C12H9N3O2S. The van der Waals surface area contributed by atoms with Gasteiger partial charge in [0.1, 0.15) is 16.8 Å². The third kappa shape index (κ3) is 2.02. The van der Waals surface area contributed by atoms with Gasteiger partial charge >= 0.3 is 0 Å². The molecule has 1 aromatic carbocycles. The number of rotatable bonds is 1. The zero-order valence-electron chi connectivity index (χ0n) is 9.20. The molecule has 0 spiro atoms. The molecule has 1 amide bonds. The molecule has 1 aromatic rings. The van der Waals surface area contributed by atoms with E-state index in [9.17, 15) is 9.90 Å². The van der Waals surface area contributed by atoms with Gasteiger partial charge in [-0.3, -0.25) is 4.79 Å². The number of para-hydroxylation sites is 1. The quantitative estimate of drug-likeness (QED) is 0.807. The van der Waals surface area contributed by atoms with Crippen LogP contribution in [0.1, 0.15) is 0 Å². The lowest BCUT2D eigenvalue weighted by Gasteiger charge is -2.15. The zero-order valence-corrected chi connectivity index (χ0v) is 10.0. The van der Waals surface area contributed by atoms with Crippen molar-refractivity contribution in [2.75, 3.05) is 0 Å². The number of amidine groups is 2. The monoisotopic (exact) mass is 259 g/mol. The van der Waals surface area contributed by atoms with Crippen LogP contribution >= 0.6 is 11.8 Å². The van der Waals surface area contributed by atoms with Crippen LogP contribution in [0.2, 0.25) is 0 Å². The van der Waals surface area contributed by atoms with Crippen LogP contribution in [-0.4, -0.2) is 27.3 Å². The van der Waals surface area contributed by atoms with Crippen molar-refractivity contribution in [1.82, 2.24) is 5.32 Å². The maximum absolute atomic E-state index is 11.2. The third-order valence-corrected chi connectivity index (χ3v) is 3.56. The molecule has 0 bridgehead atoms. The standard InChI is InChI=1S/C12H9N3O2S/c16-8-6-9(17)14-11-10(8)18-12(15-11)13-7-4-2-1-3-5-7/h1-6,10,16H,(H,13,14,15,17). The zero-order chi connectivity index (χ0) is 12.5. The number of aliphatic imine (C=N–C) groups is 2. The number of aliphatic hydroxyl groups is 1. The van der Waals surface area contributed by atoms with Gasteiger partial charge in [0.25, 0.3) is 5.91 Å². The summed E-state index contributed by atoms with van der Waals surface area (Å²) in [7, 11) is 0. The van der Waals surface area contributed by atoms with Crippen molar-refractivity contribution in [1.29, 1.82) is 0 Å². The van der Waals surface area contributed by atoms with Gasteiger partial charge in [0.05, 0.1) is 5.69 Å². The van der Waals surface area contributed by atoms with E-state index in [1.54, 1.807) is 0 Å². The predicted molar refractivity (Wildman–Crippen MR) is 71.2 cm³/mol. The number of carbonyl (C=O) groups is 1. The topological polar surface area (TPSA) is 74.0 Å². The van der Waals surface area contributed by atoms with E-state index >= 15 is 0 Å². The fourth-order valence-corrected chi connectivity index (χ4v) is 2.61. The van der Waals surface area contributed by atoms with Gasteiger partial charge in [0.15, 0.2) is 5.17 Å². The number of hydrogen-bond acceptors (Lipinski definition) is 4. The average Bonchev–Trinajstić information content (AvgIpc) is 2.73. The van der Waals surface area contributed by atoms with Gasteiger partial charge in [-0.15, -0.1) is 0 Å². The Morgan fingerprint density at radius 2 is 2.11 bits per heavy atom. The summed E-state index contributed by atoms with van der Waals surface area (Å²) in [5.74, 6) is 0.101. The summed E-state index contributed by atoms with van der Waals surface area (Å²) in [6, 6.07) is 9.41. The molecule has 90 valence electrons. The van der Waals surface area contributed by atoms with Gasteiger partial charge in [-0.25, -0.2) is 9.98 Å². The molecule has 0 aliphatic carbocycles. The van der Waals surface area contributed by atoms with Crippen molar-refractivity contribution in [2.45, 2.75) is 5.25 Å². The lowest BCUT2D eigenvalue weighted by molar-refractivity contribution is -0.115. The maximum Gasteiger partial charge on any atom is 0.252 e. The number of fused-ring (bicyclic) bond motifs is 1. The van der Waals surface area contributed by atoms with E-state index in [0.29, 0.717) is 11.0 Å².